The van der Waals surface area contributed by atoms with Gasteiger partial charge in [0, 0.05) is 0 Å². The van der Waals surface area contributed by atoms with Crippen molar-refractivity contribution in [3.8, 4) is 11.5 Å². The molecule has 0 amide bonds. The Kier molecular flexibility index (Phi) is 5.89. The number of methoxy groups -OCH3 is 1. The topological polar surface area (TPSA) is 74.7 Å². The molecule has 2 aromatic carbocycles. The summed E-state index contributed by atoms with van der Waals surface area (Å²) >= 11 is 0. The van der Waals surface area contributed by atoms with Crippen LogP contribution in [0.15, 0.2) is 65.9 Å². The molecule has 27 heavy (non-hydrogen) atoms. The molecule has 3 rings (SSSR count). The quantitative estimate of drug-likeness (QED) is 0.650. The zero-order chi connectivity index (χ0) is 19.1. The van der Waals surface area contributed by atoms with E-state index in [1.807, 2.05) is 67.6 Å². The zero-order valence-electron chi connectivity index (χ0n) is 15.4. The molecule has 3 aromatic rings. The van der Waals surface area contributed by atoms with Gasteiger partial charge in [-0.2, -0.15) is 5.10 Å². The van der Waals surface area contributed by atoms with E-state index in [0.29, 0.717) is 24.1 Å². The van der Waals surface area contributed by atoms with Crippen molar-refractivity contribution < 1.29 is 9.47 Å². The van der Waals surface area contributed by atoms with Crippen molar-refractivity contribution in [2.45, 2.75) is 6.92 Å². The molecular weight excluding hydrogens is 340 g/mol. The monoisotopic (exact) mass is 362 g/mol. The average molecular weight is 362 g/mol. The van der Waals surface area contributed by atoms with E-state index in [1.54, 1.807) is 19.5 Å². The second kappa shape index (κ2) is 8.71. The van der Waals surface area contributed by atoms with Gasteiger partial charge in [-0.1, -0.05) is 36.4 Å². The van der Waals surface area contributed by atoms with Gasteiger partial charge in [-0.15, -0.1) is 0 Å². The third-order valence-electron chi connectivity index (χ3n) is 3.80. The molecule has 1 heterocycles. The number of benzene rings is 2. The van der Waals surface area contributed by atoms with Gasteiger partial charge >= 0.3 is 0 Å². The average Bonchev–Trinajstić information content (AvgIpc) is 3.02. The molecule has 138 valence electrons. The molecule has 6 heteroatoms. The molecule has 0 atom stereocenters. The maximum absolute atomic E-state index is 5.80. The van der Waals surface area contributed by atoms with Gasteiger partial charge in [0.25, 0.3) is 0 Å². The van der Waals surface area contributed by atoms with Gasteiger partial charge in [-0.05, 0) is 42.3 Å². The van der Waals surface area contributed by atoms with E-state index >= 15 is 0 Å². The lowest BCUT2D eigenvalue weighted by Crippen LogP contribution is -1.99. The fourth-order valence-corrected chi connectivity index (χ4v) is 2.50. The number of anilines is 1. The van der Waals surface area contributed by atoms with Crippen molar-refractivity contribution in [3.05, 3.63) is 77.6 Å². The third kappa shape index (κ3) is 4.98. The zero-order valence-corrected chi connectivity index (χ0v) is 15.4. The minimum Gasteiger partial charge on any atom is -0.493 e. The summed E-state index contributed by atoms with van der Waals surface area (Å²) in [6.45, 7) is 2.31. The molecule has 0 aliphatic rings. The molecule has 0 bridgehead atoms. The molecule has 0 fully saturated rings. The van der Waals surface area contributed by atoms with Crippen LogP contribution in [0.4, 0.5) is 5.95 Å². The summed E-state index contributed by atoms with van der Waals surface area (Å²) in [7, 11) is 1.61. The van der Waals surface area contributed by atoms with Crippen LogP contribution in [-0.4, -0.2) is 29.6 Å². The molecule has 2 N–H and O–H groups in total. The van der Waals surface area contributed by atoms with Crippen LogP contribution >= 0.6 is 0 Å². The fourth-order valence-electron chi connectivity index (χ4n) is 2.50. The number of hydrogen-bond acceptors (Lipinski definition) is 5. The summed E-state index contributed by atoms with van der Waals surface area (Å²) in [5, 5.41) is 4.31. The summed E-state index contributed by atoms with van der Waals surface area (Å²) < 4.78 is 12.8. The van der Waals surface area contributed by atoms with Gasteiger partial charge in [0.2, 0.25) is 5.95 Å². The molecule has 0 aliphatic carbocycles. The van der Waals surface area contributed by atoms with Crippen LogP contribution in [0.3, 0.4) is 0 Å². The number of nitrogen functional groups attached to an aromatic ring is 1. The smallest absolute Gasteiger partial charge is 0.221 e. The lowest BCUT2D eigenvalue weighted by Gasteiger charge is -2.09. The summed E-state index contributed by atoms with van der Waals surface area (Å²) in [5.41, 5.74) is 8.60. The number of aryl methyl sites for hydroxylation is 1. The van der Waals surface area contributed by atoms with Crippen LogP contribution in [0.2, 0.25) is 0 Å². The Bertz CT molecular complexity index is 946. The van der Waals surface area contributed by atoms with Crippen molar-refractivity contribution >= 4 is 18.2 Å². The Labute approximate surface area is 158 Å². The minimum atomic E-state index is 0.348. The number of imidazole rings is 1. The predicted octanol–water partition coefficient (Wildman–Crippen LogP) is 3.76. The highest BCUT2D eigenvalue weighted by molar-refractivity contribution is 5.81. The van der Waals surface area contributed by atoms with Crippen LogP contribution < -0.4 is 15.2 Å². The Morgan fingerprint density at radius 2 is 1.93 bits per heavy atom. The minimum absolute atomic E-state index is 0.348. The standard InChI is InChI=1S/C21H22N4O2/c1-16-15-25(21(22)24-16)23-14-18-10-11-19(20(13-18)26-2)27-12-6-9-17-7-4-3-5-8-17/h3-11,13-15H,12H2,1-2H3,(H2,22,24). The van der Waals surface area contributed by atoms with Gasteiger partial charge < -0.3 is 15.2 Å². The molecule has 0 spiro atoms. The molecular formula is C21H22N4O2. The molecule has 0 unspecified atom stereocenters. The number of rotatable bonds is 7. The number of nitrogens with zero attached hydrogens (tertiary/aromatic N) is 3. The lowest BCUT2D eigenvalue weighted by molar-refractivity contribution is 0.326. The lowest BCUT2D eigenvalue weighted by atomic mass is 10.2. The highest BCUT2D eigenvalue weighted by Crippen LogP contribution is 2.27. The summed E-state index contributed by atoms with van der Waals surface area (Å²) in [6.07, 6.45) is 7.44. The van der Waals surface area contributed by atoms with Crippen molar-refractivity contribution in [3.63, 3.8) is 0 Å². The maximum Gasteiger partial charge on any atom is 0.221 e. The highest BCUT2D eigenvalue weighted by atomic mass is 16.5. The Hall–Kier alpha value is -3.54. The second-order valence-electron chi connectivity index (χ2n) is 5.86. The van der Waals surface area contributed by atoms with Crippen molar-refractivity contribution in [2.75, 3.05) is 19.5 Å². The van der Waals surface area contributed by atoms with E-state index in [2.05, 4.69) is 10.1 Å². The first-order valence-electron chi connectivity index (χ1n) is 8.54. The maximum atomic E-state index is 5.80. The van der Waals surface area contributed by atoms with Crippen LogP contribution in [0.5, 0.6) is 11.5 Å². The predicted molar refractivity (Wildman–Crippen MR) is 108 cm³/mol. The van der Waals surface area contributed by atoms with Crippen LogP contribution in [0, 0.1) is 6.92 Å². The van der Waals surface area contributed by atoms with Crippen LogP contribution in [0.1, 0.15) is 16.8 Å². The molecule has 0 saturated heterocycles. The third-order valence-corrected chi connectivity index (χ3v) is 3.80. The fraction of sp³-hybridized carbons (Fsp3) is 0.143. The first-order valence-corrected chi connectivity index (χ1v) is 8.54. The SMILES string of the molecule is COc1cc(C=Nn2cc(C)nc2N)ccc1OCC=Cc1ccccc1. The molecule has 0 aliphatic heterocycles. The van der Waals surface area contributed by atoms with Gasteiger partial charge in [-0.25, -0.2) is 9.66 Å². The molecule has 6 nitrogen and oxygen atoms in total. The Morgan fingerprint density at radius 3 is 2.63 bits per heavy atom. The number of hydrogen-bond donors (Lipinski definition) is 1. The van der Waals surface area contributed by atoms with E-state index in [4.69, 9.17) is 15.2 Å². The van der Waals surface area contributed by atoms with Gasteiger partial charge in [0.05, 0.1) is 25.2 Å². The van der Waals surface area contributed by atoms with Crippen LogP contribution in [-0.2, 0) is 0 Å². The number of nitrogens with two attached hydrogens (primary N) is 1. The van der Waals surface area contributed by atoms with E-state index in [0.717, 1.165) is 16.8 Å². The normalized spacial score (nSPS) is 11.3. The largest absolute Gasteiger partial charge is 0.493 e. The second-order valence-corrected chi connectivity index (χ2v) is 5.86. The Morgan fingerprint density at radius 1 is 1.11 bits per heavy atom. The van der Waals surface area contributed by atoms with E-state index < -0.39 is 0 Å². The molecule has 0 saturated carbocycles. The summed E-state index contributed by atoms with van der Waals surface area (Å²) in [5.74, 6) is 1.66. The number of aromatic nitrogens is 2. The summed E-state index contributed by atoms with van der Waals surface area (Å²) in [4.78, 5) is 4.11. The van der Waals surface area contributed by atoms with Crippen molar-refractivity contribution in [1.82, 2.24) is 9.66 Å². The van der Waals surface area contributed by atoms with E-state index in [-0.39, 0.29) is 0 Å². The highest BCUT2D eigenvalue weighted by Gasteiger charge is 2.05. The van der Waals surface area contributed by atoms with Gasteiger partial charge in [-0.3, -0.25) is 0 Å². The van der Waals surface area contributed by atoms with Crippen molar-refractivity contribution in [1.29, 1.82) is 0 Å². The molecule has 0 radical (unpaired) electrons. The first kappa shape index (κ1) is 18.3. The number of ether oxygens (including phenoxy) is 2. The Balaban J connectivity index is 1.65. The first-order chi connectivity index (χ1) is 13.2. The van der Waals surface area contributed by atoms with Crippen LogP contribution in [0.25, 0.3) is 6.08 Å². The van der Waals surface area contributed by atoms with Gasteiger partial charge in [0.15, 0.2) is 11.5 Å². The van der Waals surface area contributed by atoms with E-state index in [1.165, 1.54) is 4.68 Å². The summed E-state index contributed by atoms with van der Waals surface area (Å²) in [6, 6.07) is 15.7. The van der Waals surface area contributed by atoms with Gasteiger partial charge in [0.1, 0.15) is 6.61 Å². The molecule has 1 aromatic heterocycles. The van der Waals surface area contributed by atoms with E-state index in [9.17, 15) is 0 Å². The van der Waals surface area contributed by atoms with Crippen molar-refractivity contribution in [2.24, 2.45) is 5.10 Å².